The van der Waals surface area contributed by atoms with Crippen LogP contribution in [-0.2, 0) is 4.74 Å². The predicted molar refractivity (Wildman–Crippen MR) is 81.6 cm³/mol. The molecular weight excluding hydrogens is 324 g/mol. The van der Waals surface area contributed by atoms with Crippen LogP contribution < -0.4 is 10.6 Å². The summed E-state index contributed by atoms with van der Waals surface area (Å²) < 4.78 is 5.79. The summed E-state index contributed by atoms with van der Waals surface area (Å²) in [7, 11) is 1.53. The Morgan fingerprint density at radius 3 is 2.90 bits per heavy atom. The molecule has 1 rings (SSSR count). The molecule has 6 heteroatoms. The van der Waals surface area contributed by atoms with Crippen molar-refractivity contribution in [1.82, 2.24) is 10.6 Å². The Kier molecular flexibility index (Phi) is 7.58. The number of nitrogens with one attached hydrogen (secondary N) is 2. The van der Waals surface area contributed by atoms with Crippen LogP contribution in [0.1, 0.15) is 24.9 Å². The first kappa shape index (κ1) is 16.9. The largest absolute Gasteiger partial charge is 0.391 e. The second-order valence-corrected chi connectivity index (χ2v) is 5.49. The van der Waals surface area contributed by atoms with Crippen LogP contribution in [0.4, 0.5) is 4.79 Å². The first-order valence-electron chi connectivity index (χ1n) is 6.49. The molecule has 0 radical (unpaired) electrons. The fraction of sp³-hybridized carbons (Fsp3) is 0.500. The minimum absolute atomic E-state index is 0.0867. The third-order valence-electron chi connectivity index (χ3n) is 2.82. The van der Waals surface area contributed by atoms with Crippen LogP contribution in [0.2, 0.25) is 0 Å². The number of carbonyl (C=O) groups excluding carboxylic acids is 1. The molecule has 0 aromatic heterocycles. The van der Waals surface area contributed by atoms with Crippen molar-refractivity contribution in [2.45, 2.75) is 25.5 Å². The summed E-state index contributed by atoms with van der Waals surface area (Å²) in [6.45, 7) is 2.60. The highest BCUT2D eigenvalue weighted by atomic mass is 79.9. The number of ether oxygens (including phenoxy) is 1. The Morgan fingerprint density at radius 2 is 2.25 bits per heavy atom. The first-order chi connectivity index (χ1) is 9.52. The van der Waals surface area contributed by atoms with E-state index in [1.807, 2.05) is 31.2 Å². The number of hydrogen-bond acceptors (Lipinski definition) is 3. The molecule has 0 fully saturated rings. The van der Waals surface area contributed by atoms with E-state index in [0.717, 1.165) is 10.0 Å². The lowest BCUT2D eigenvalue weighted by molar-refractivity contribution is 0.0598. The van der Waals surface area contributed by atoms with Crippen molar-refractivity contribution in [3.05, 3.63) is 34.3 Å². The Hall–Kier alpha value is -1.11. The molecule has 0 saturated heterocycles. The van der Waals surface area contributed by atoms with E-state index in [-0.39, 0.29) is 18.7 Å². The van der Waals surface area contributed by atoms with Gasteiger partial charge in [-0.3, -0.25) is 0 Å². The minimum Gasteiger partial charge on any atom is -0.391 e. The van der Waals surface area contributed by atoms with Crippen LogP contribution in [0.5, 0.6) is 0 Å². The van der Waals surface area contributed by atoms with Gasteiger partial charge >= 0.3 is 6.03 Å². The van der Waals surface area contributed by atoms with E-state index < -0.39 is 6.10 Å². The molecule has 112 valence electrons. The number of carbonyl (C=O) groups is 1. The van der Waals surface area contributed by atoms with Crippen molar-refractivity contribution in [2.75, 3.05) is 20.3 Å². The van der Waals surface area contributed by atoms with Crippen molar-refractivity contribution in [1.29, 1.82) is 0 Å². The fourth-order valence-corrected chi connectivity index (χ4v) is 2.15. The molecule has 1 aromatic rings. The molecule has 1 aromatic carbocycles. The molecular formula is C14H21BrN2O3. The summed E-state index contributed by atoms with van der Waals surface area (Å²) in [6.07, 6.45) is -0.0882. The van der Waals surface area contributed by atoms with Gasteiger partial charge in [0.05, 0.1) is 18.8 Å². The second kappa shape index (κ2) is 8.94. The van der Waals surface area contributed by atoms with Gasteiger partial charge in [0.1, 0.15) is 0 Å². The van der Waals surface area contributed by atoms with E-state index in [0.29, 0.717) is 13.0 Å². The second-order valence-electron chi connectivity index (χ2n) is 4.57. The van der Waals surface area contributed by atoms with Crippen LogP contribution in [0.3, 0.4) is 0 Å². The summed E-state index contributed by atoms with van der Waals surface area (Å²) in [5, 5.41) is 15.0. The molecule has 0 bridgehead atoms. The van der Waals surface area contributed by atoms with Gasteiger partial charge in [0.25, 0.3) is 0 Å². The van der Waals surface area contributed by atoms with Crippen molar-refractivity contribution in [3.63, 3.8) is 0 Å². The Balaban J connectivity index is 2.31. The monoisotopic (exact) mass is 344 g/mol. The zero-order valence-electron chi connectivity index (χ0n) is 11.7. The number of urea groups is 1. The van der Waals surface area contributed by atoms with Gasteiger partial charge in [-0.15, -0.1) is 0 Å². The summed E-state index contributed by atoms with van der Waals surface area (Å²) in [4.78, 5) is 11.7. The van der Waals surface area contributed by atoms with Gasteiger partial charge in [0, 0.05) is 18.1 Å². The summed E-state index contributed by atoms with van der Waals surface area (Å²) >= 11 is 3.40. The number of rotatable bonds is 7. The van der Waals surface area contributed by atoms with E-state index in [9.17, 15) is 9.90 Å². The lowest BCUT2D eigenvalue weighted by Crippen LogP contribution is -2.38. The first-order valence-corrected chi connectivity index (χ1v) is 7.29. The maximum Gasteiger partial charge on any atom is 0.315 e. The molecule has 0 aliphatic carbocycles. The molecule has 0 saturated carbocycles. The van der Waals surface area contributed by atoms with E-state index in [4.69, 9.17) is 4.74 Å². The fourth-order valence-electron chi connectivity index (χ4n) is 1.73. The highest BCUT2D eigenvalue weighted by molar-refractivity contribution is 9.10. The van der Waals surface area contributed by atoms with Gasteiger partial charge < -0.3 is 20.5 Å². The van der Waals surface area contributed by atoms with Crippen LogP contribution >= 0.6 is 15.9 Å². The molecule has 2 atom stereocenters. The number of halogens is 1. The topological polar surface area (TPSA) is 70.6 Å². The van der Waals surface area contributed by atoms with Crippen LogP contribution in [0, 0.1) is 0 Å². The quantitative estimate of drug-likeness (QED) is 0.710. The standard InChI is InChI=1S/C14H21BrN2O3/c1-10(11-4-3-5-12(15)8-11)17-14(19)16-7-6-13(18)9-20-2/h3-5,8,10,13,18H,6-7,9H2,1-2H3,(H2,16,17,19). The van der Waals surface area contributed by atoms with Gasteiger partial charge in [0.2, 0.25) is 0 Å². The zero-order valence-corrected chi connectivity index (χ0v) is 13.3. The molecule has 0 spiro atoms. The van der Waals surface area contributed by atoms with Crippen LogP contribution in [-0.4, -0.2) is 37.5 Å². The van der Waals surface area contributed by atoms with E-state index in [1.165, 1.54) is 7.11 Å². The Labute approximate surface area is 127 Å². The van der Waals surface area contributed by atoms with Gasteiger partial charge in [-0.25, -0.2) is 4.79 Å². The van der Waals surface area contributed by atoms with Gasteiger partial charge in [0.15, 0.2) is 0 Å². The van der Waals surface area contributed by atoms with Crippen molar-refractivity contribution >= 4 is 22.0 Å². The molecule has 0 aliphatic rings. The number of benzene rings is 1. The predicted octanol–water partition coefficient (Wildman–Crippen LogP) is 2.21. The van der Waals surface area contributed by atoms with E-state index >= 15 is 0 Å². The Bertz CT molecular complexity index is 429. The highest BCUT2D eigenvalue weighted by Crippen LogP contribution is 2.17. The highest BCUT2D eigenvalue weighted by Gasteiger charge is 2.10. The molecule has 5 nitrogen and oxygen atoms in total. The number of methoxy groups -OCH3 is 1. The SMILES string of the molecule is COCC(O)CCNC(=O)NC(C)c1cccc(Br)c1. The molecule has 2 amide bonds. The molecule has 20 heavy (non-hydrogen) atoms. The Morgan fingerprint density at radius 1 is 1.50 bits per heavy atom. The van der Waals surface area contributed by atoms with Gasteiger partial charge in [-0.1, -0.05) is 28.1 Å². The lowest BCUT2D eigenvalue weighted by atomic mass is 10.1. The van der Waals surface area contributed by atoms with Crippen LogP contribution in [0.15, 0.2) is 28.7 Å². The van der Waals surface area contributed by atoms with Crippen molar-refractivity contribution in [2.24, 2.45) is 0 Å². The molecule has 0 heterocycles. The summed E-state index contributed by atoms with van der Waals surface area (Å²) in [6, 6.07) is 7.45. The third kappa shape index (κ3) is 6.36. The summed E-state index contributed by atoms with van der Waals surface area (Å²) in [5.41, 5.74) is 1.02. The minimum atomic E-state index is -0.553. The average Bonchev–Trinajstić information content (AvgIpc) is 2.39. The number of aliphatic hydroxyl groups excluding tert-OH is 1. The smallest absolute Gasteiger partial charge is 0.315 e. The number of amides is 2. The maximum absolute atomic E-state index is 11.7. The zero-order chi connectivity index (χ0) is 15.0. The van der Waals surface area contributed by atoms with Crippen molar-refractivity contribution < 1.29 is 14.6 Å². The van der Waals surface area contributed by atoms with Gasteiger partial charge in [-0.2, -0.15) is 0 Å². The number of aliphatic hydroxyl groups is 1. The van der Waals surface area contributed by atoms with E-state index in [2.05, 4.69) is 26.6 Å². The average molecular weight is 345 g/mol. The van der Waals surface area contributed by atoms with Gasteiger partial charge in [-0.05, 0) is 31.0 Å². The summed E-state index contributed by atoms with van der Waals surface area (Å²) in [5.74, 6) is 0. The van der Waals surface area contributed by atoms with Crippen molar-refractivity contribution in [3.8, 4) is 0 Å². The molecule has 2 unspecified atom stereocenters. The third-order valence-corrected chi connectivity index (χ3v) is 3.31. The molecule has 3 N–H and O–H groups in total. The van der Waals surface area contributed by atoms with E-state index in [1.54, 1.807) is 0 Å². The van der Waals surface area contributed by atoms with Crippen LogP contribution in [0.25, 0.3) is 0 Å². The lowest BCUT2D eigenvalue weighted by Gasteiger charge is -2.16. The number of hydrogen-bond donors (Lipinski definition) is 3. The normalized spacial score (nSPS) is 13.6. The maximum atomic E-state index is 11.7. The molecule has 0 aliphatic heterocycles.